The Morgan fingerprint density at radius 1 is 1.00 bits per heavy atom. The van der Waals surface area contributed by atoms with Gasteiger partial charge in [-0.1, -0.05) is 114 Å². The smallest absolute Gasteiger partial charge is 0.746 e. The van der Waals surface area contributed by atoms with Gasteiger partial charge in [0.1, 0.15) is 18.0 Å². The number of hydrazine groups is 1. The van der Waals surface area contributed by atoms with E-state index in [1.165, 1.54) is 22.0 Å². The molecule has 0 saturated carbocycles. The zero-order chi connectivity index (χ0) is 43.2. The van der Waals surface area contributed by atoms with Gasteiger partial charge in [0.25, 0.3) is 0 Å². The summed E-state index contributed by atoms with van der Waals surface area (Å²) in [7, 11) is -5.05. The van der Waals surface area contributed by atoms with Gasteiger partial charge in [0, 0.05) is 56.2 Å². The van der Waals surface area contributed by atoms with E-state index in [9.17, 15) is 33.5 Å². The Labute approximate surface area is 380 Å². The second-order valence-corrected chi connectivity index (χ2v) is 17.9. The van der Waals surface area contributed by atoms with E-state index in [4.69, 9.17) is 0 Å². The van der Waals surface area contributed by atoms with E-state index in [1.807, 2.05) is 75.5 Å². The van der Waals surface area contributed by atoms with Crippen molar-refractivity contribution in [2.24, 2.45) is 5.41 Å². The number of piperazine rings is 1. The molecule has 16 heteroatoms. The van der Waals surface area contributed by atoms with Crippen molar-refractivity contribution in [2.45, 2.75) is 98.1 Å². The molecule has 2 fully saturated rings. The van der Waals surface area contributed by atoms with Crippen molar-refractivity contribution in [3.63, 3.8) is 0 Å². The van der Waals surface area contributed by atoms with E-state index in [2.05, 4.69) is 27.9 Å². The zero-order valence-corrected chi connectivity index (χ0v) is 38.8. The molecule has 2 aliphatic heterocycles. The van der Waals surface area contributed by atoms with Crippen LogP contribution in [0.1, 0.15) is 86.8 Å². The number of aromatic nitrogens is 1. The van der Waals surface area contributed by atoms with Crippen molar-refractivity contribution in [1.82, 2.24) is 29.7 Å². The summed E-state index contributed by atoms with van der Waals surface area (Å²) in [5.74, 6) is -0.737. The van der Waals surface area contributed by atoms with Crippen molar-refractivity contribution >= 4 is 42.4 Å². The SMILES string of the molecule is C=CCN1CC(=O)N2[C@@H](Cc3ccc(OP(=O)([O-])O)cc3)C(=O)N(Cc3cccc4c(C(=O)CC(C)(C)C)cn(CCCCCC)c34)C[C@@H]2N1C(=O)NCc1ccccc1.[Na+]. The normalized spacial score (nSPS) is 18.0. The standard InChI is InChI=1S/C45H57N6O8P.Na/c1-6-8-9-13-24-47-29-37(39(52)26-45(3,4)5)36-18-14-17-34(42(36)47)28-48-30-40-50(38(43(48)54)25-32-19-21-35(22-20-32)59-60(56,57)58)41(53)31-49(23-7-2)51(40)44(55)46-27-33-15-11-10-12-16-33;/h7,10-12,14-22,29,38,40H,2,6,8-9,13,23-28,30-31H2,1,3-5H3,(H,46,55)(H2,56,57,58);/q;+1/p-1/t38-,40-;/m0./s1. The van der Waals surface area contributed by atoms with Gasteiger partial charge < -0.3 is 34.0 Å². The van der Waals surface area contributed by atoms with Gasteiger partial charge in [-0.05, 0) is 40.7 Å². The van der Waals surface area contributed by atoms with Crippen LogP contribution in [0.2, 0.25) is 0 Å². The summed E-state index contributed by atoms with van der Waals surface area (Å²) in [4.78, 5) is 81.0. The Kier molecular flexibility index (Phi) is 16.2. The minimum absolute atomic E-state index is 0. The Morgan fingerprint density at radius 2 is 1.72 bits per heavy atom. The van der Waals surface area contributed by atoms with Crippen LogP contribution < -0.4 is 44.3 Å². The van der Waals surface area contributed by atoms with E-state index in [1.54, 1.807) is 28.1 Å². The molecule has 4 amide bonds. The third-order valence-corrected chi connectivity index (χ3v) is 11.3. The molecule has 0 bridgehead atoms. The number of fused-ring (bicyclic) bond motifs is 2. The maximum atomic E-state index is 14.9. The number of carbonyl (C=O) groups is 4. The number of carbonyl (C=O) groups excluding carboxylic acids is 4. The fraction of sp³-hybridized carbons (Fsp3) is 0.422. The van der Waals surface area contributed by atoms with Crippen LogP contribution in [-0.2, 0) is 40.2 Å². The van der Waals surface area contributed by atoms with Crippen LogP contribution in [0.4, 0.5) is 4.79 Å². The Bertz CT molecular complexity index is 2240. The van der Waals surface area contributed by atoms with Gasteiger partial charge in [0.15, 0.2) is 5.78 Å². The molecule has 3 heterocycles. The molecule has 2 aliphatic rings. The predicted molar refractivity (Wildman–Crippen MR) is 227 cm³/mol. The van der Waals surface area contributed by atoms with Gasteiger partial charge in [0.2, 0.25) is 11.8 Å². The van der Waals surface area contributed by atoms with Crippen molar-refractivity contribution < 1.29 is 67.6 Å². The largest absolute Gasteiger partial charge is 1.00 e. The summed E-state index contributed by atoms with van der Waals surface area (Å²) < 4.78 is 18.2. The molecule has 4 aromatic rings. The van der Waals surface area contributed by atoms with Gasteiger partial charge in [-0.3, -0.25) is 18.9 Å². The van der Waals surface area contributed by atoms with Crippen molar-refractivity contribution in [3.05, 3.63) is 114 Å². The van der Waals surface area contributed by atoms with Gasteiger partial charge in [-0.15, -0.1) is 6.58 Å². The van der Waals surface area contributed by atoms with E-state index in [0.717, 1.165) is 47.7 Å². The minimum atomic E-state index is -5.05. The molecule has 0 spiro atoms. The number of aryl methyl sites for hydroxylation is 1. The average molecular weight is 863 g/mol. The molecule has 0 aliphatic carbocycles. The summed E-state index contributed by atoms with van der Waals surface area (Å²) in [6, 6.07) is 19.6. The van der Waals surface area contributed by atoms with E-state index < -0.39 is 26.1 Å². The molecule has 0 radical (unpaired) electrons. The predicted octanol–water partition coefficient (Wildman–Crippen LogP) is 3.42. The molecule has 1 unspecified atom stereocenters. The molecule has 61 heavy (non-hydrogen) atoms. The zero-order valence-electron chi connectivity index (χ0n) is 35.9. The number of unbranched alkanes of at least 4 members (excludes halogenated alkanes) is 3. The summed E-state index contributed by atoms with van der Waals surface area (Å²) in [5.41, 5.74) is 3.61. The Morgan fingerprint density at radius 3 is 2.38 bits per heavy atom. The van der Waals surface area contributed by atoms with Crippen LogP contribution in [-0.4, -0.2) is 84.7 Å². The molecule has 1 aromatic heterocycles. The fourth-order valence-corrected chi connectivity index (χ4v) is 8.58. The van der Waals surface area contributed by atoms with Crippen LogP contribution in [0.5, 0.6) is 5.75 Å². The molecule has 320 valence electrons. The van der Waals surface area contributed by atoms with Crippen LogP contribution in [0.25, 0.3) is 10.9 Å². The molecular weight excluding hydrogens is 806 g/mol. The molecule has 3 aromatic carbocycles. The maximum Gasteiger partial charge on any atom is 1.00 e. The number of phosphoric ester groups is 1. The topological polar surface area (TPSA) is 168 Å². The number of hydrogen-bond acceptors (Lipinski definition) is 8. The third kappa shape index (κ3) is 12.0. The molecule has 2 N–H and O–H groups in total. The Balaban J connectivity index is 0.00000704. The number of phosphoric acid groups is 1. The molecular formula is C45H56N6NaO8P. The molecule has 14 nitrogen and oxygen atoms in total. The molecule has 2 saturated heterocycles. The Hall–Kier alpha value is -4.27. The van der Waals surface area contributed by atoms with Gasteiger partial charge in [-0.2, -0.15) is 0 Å². The van der Waals surface area contributed by atoms with E-state index in [-0.39, 0.29) is 97.5 Å². The minimum Gasteiger partial charge on any atom is -0.746 e. The molecule has 6 rings (SSSR count). The number of rotatable bonds is 17. The van der Waals surface area contributed by atoms with Gasteiger partial charge in [-0.25, -0.2) is 14.8 Å². The summed E-state index contributed by atoms with van der Waals surface area (Å²) in [5, 5.41) is 6.99. The fourth-order valence-electron chi connectivity index (χ4n) is 8.20. The number of amides is 4. The summed E-state index contributed by atoms with van der Waals surface area (Å²) in [6.07, 6.45) is 7.21. The monoisotopic (exact) mass is 862 g/mol. The number of para-hydroxylation sites is 1. The second kappa shape index (κ2) is 20.7. The van der Waals surface area contributed by atoms with Crippen LogP contribution >= 0.6 is 7.82 Å². The van der Waals surface area contributed by atoms with E-state index in [0.29, 0.717) is 24.1 Å². The quantitative estimate of drug-likeness (QED) is 0.0532. The first-order chi connectivity index (χ1) is 28.6. The van der Waals surface area contributed by atoms with Crippen molar-refractivity contribution in [3.8, 4) is 5.75 Å². The number of hydrogen-bond donors (Lipinski definition) is 2. The van der Waals surface area contributed by atoms with E-state index >= 15 is 0 Å². The van der Waals surface area contributed by atoms with Gasteiger partial charge in [0.05, 0.1) is 18.6 Å². The first kappa shape index (κ1) is 47.8. The number of ketones is 1. The van der Waals surface area contributed by atoms with Crippen LogP contribution in [0.3, 0.4) is 0 Å². The number of urea groups is 1. The van der Waals surface area contributed by atoms with Crippen LogP contribution in [0.15, 0.2) is 91.6 Å². The molecule has 3 atom stereocenters. The number of nitrogens with zero attached hydrogens (tertiary/aromatic N) is 5. The maximum absolute atomic E-state index is 14.9. The van der Waals surface area contributed by atoms with Crippen molar-refractivity contribution in [2.75, 3.05) is 19.6 Å². The van der Waals surface area contributed by atoms with Crippen molar-refractivity contribution in [1.29, 1.82) is 0 Å². The second-order valence-electron chi connectivity index (χ2n) is 16.8. The van der Waals surface area contributed by atoms with Crippen LogP contribution in [0, 0.1) is 5.41 Å². The first-order valence-corrected chi connectivity index (χ1v) is 22.1. The average Bonchev–Trinajstić information content (AvgIpc) is 3.57. The van der Waals surface area contributed by atoms with Gasteiger partial charge >= 0.3 is 43.4 Å². The number of benzene rings is 3. The number of nitrogens with one attached hydrogen (secondary N) is 1. The third-order valence-electron chi connectivity index (χ3n) is 10.8. The number of Topliss-reactive ketones (excluding diaryl/α,β-unsaturated/α-hetero) is 1. The first-order valence-electron chi connectivity index (χ1n) is 20.6. The summed E-state index contributed by atoms with van der Waals surface area (Å²) in [6.45, 7) is 13.3. The summed E-state index contributed by atoms with van der Waals surface area (Å²) >= 11 is 0.